The van der Waals surface area contributed by atoms with Crippen LogP contribution in [0.3, 0.4) is 0 Å². The quantitative estimate of drug-likeness (QED) is 0.821. The number of rotatable bonds is 2. The van der Waals surface area contributed by atoms with Gasteiger partial charge in [-0.3, -0.25) is 0 Å². The minimum Gasteiger partial charge on any atom is -0.365 e. The number of anilines is 1. The van der Waals surface area contributed by atoms with E-state index in [-0.39, 0.29) is 5.69 Å². The van der Waals surface area contributed by atoms with E-state index < -0.39 is 16.7 Å². The molecule has 1 aliphatic rings. The minimum absolute atomic E-state index is 0.305. The zero-order valence-corrected chi connectivity index (χ0v) is 10.7. The molecular weight excluding hydrogens is 275 g/mol. The lowest BCUT2D eigenvalue weighted by atomic mass is 10.1. The molecule has 0 amide bonds. The van der Waals surface area contributed by atoms with Crippen molar-refractivity contribution in [2.24, 2.45) is 0 Å². The van der Waals surface area contributed by atoms with Gasteiger partial charge in [0.2, 0.25) is 0 Å². The lowest BCUT2D eigenvalue weighted by Gasteiger charge is -2.21. The molecule has 8 heteroatoms. The summed E-state index contributed by atoms with van der Waals surface area (Å²) in [6, 6.07) is 2.81. The van der Waals surface area contributed by atoms with E-state index in [2.05, 4.69) is 5.32 Å². The molecule has 0 saturated carbocycles. The van der Waals surface area contributed by atoms with Gasteiger partial charge in [-0.2, -0.15) is 13.2 Å². The maximum absolute atomic E-state index is 12.6. The van der Waals surface area contributed by atoms with Crippen molar-refractivity contribution in [3.05, 3.63) is 28.7 Å². The highest BCUT2D eigenvalue weighted by atomic mass is 19.4. The van der Waals surface area contributed by atoms with Gasteiger partial charge in [0.25, 0.3) is 4.92 Å². The average molecular weight is 290 g/mol. The molecule has 0 spiro atoms. The Labute approximate surface area is 113 Å². The van der Waals surface area contributed by atoms with Crippen molar-refractivity contribution in [3.8, 4) is 0 Å². The fraction of sp³-hybridized carbons (Fsp3) is 0.500. The third-order valence-electron chi connectivity index (χ3n) is 3.19. The Morgan fingerprint density at radius 2 is 2.00 bits per heavy atom. The third-order valence-corrected chi connectivity index (χ3v) is 3.19. The molecule has 0 radical (unpaired) electrons. The van der Waals surface area contributed by atoms with Gasteiger partial charge < -0.3 is 10.2 Å². The fourth-order valence-electron chi connectivity index (χ4n) is 2.21. The van der Waals surface area contributed by atoms with Crippen LogP contribution in [0.1, 0.15) is 12.0 Å². The first-order valence-electron chi connectivity index (χ1n) is 6.22. The topological polar surface area (TPSA) is 55.6 Å². The molecular formula is C12H15F3N3O2+. The van der Waals surface area contributed by atoms with Crippen molar-refractivity contribution in [3.63, 3.8) is 0 Å². The maximum atomic E-state index is 12.6. The Bertz CT molecular complexity index is 497. The lowest BCUT2D eigenvalue weighted by Crippen LogP contribution is -2.28. The number of hydrogen-bond acceptors (Lipinski definition) is 3. The van der Waals surface area contributed by atoms with Crippen LogP contribution in [0.25, 0.3) is 0 Å². The summed E-state index contributed by atoms with van der Waals surface area (Å²) < 4.78 is 37.9. The van der Waals surface area contributed by atoms with E-state index in [4.69, 9.17) is 5.21 Å². The molecule has 20 heavy (non-hydrogen) atoms. The van der Waals surface area contributed by atoms with Gasteiger partial charge in [0.15, 0.2) is 0 Å². The van der Waals surface area contributed by atoms with Crippen molar-refractivity contribution in [2.45, 2.75) is 12.6 Å². The van der Waals surface area contributed by atoms with Gasteiger partial charge >= 0.3 is 11.9 Å². The minimum atomic E-state index is -4.55. The van der Waals surface area contributed by atoms with E-state index in [1.165, 1.54) is 6.07 Å². The second-order valence-electron chi connectivity index (χ2n) is 4.56. The third kappa shape index (κ3) is 3.19. The summed E-state index contributed by atoms with van der Waals surface area (Å²) >= 11 is 0. The average Bonchev–Trinajstić information content (AvgIpc) is 2.65. The predicted octanol–water partition coefficient (Wildman–Crippen LogP) is 2.30. The van der Waals surface area contributed by atoms with Crippen molar-refractivity contribution in [2.75, 3.05) is 31.1 Å². The Hall–Kier alpha value is -1.83. The van der Waals surface area contributed by atoms with Gasteiger partial charge in [-0.05, 0) is 25.1 Å². The summed E-state index contributed by atoms with van der Waals surface area (Å²) in [6.07, 6.45) is -3.74. The number of halogens is 3. The number of nitrogens with one attached hydrogen (secondary N) is 1. The van der Waals surface area contributed by atoms with Crippen LogP contribution in [0.4, 0.5) is 24.5 Å². The van der Waals surface area contributed by atoms with Gasteiger partial charge in [0.1, 0.15) is 5.69 Å². The van der Waals surface area contributed by atoms with E-state index in [1.807, 2.05) is 0 Å². The van der Waals surface area contributed by atoms with Crippen molar-refractivity contribution in [1.29, 1.82) is 0 Å². The van der Waals surface area contributed by atoms with Gasteiger partial charge in [0.05, 0.1) is 10.5 Å². The molecule has 1 aromatic carbocycles. The van der Waals surface area contributed by atoms with Gasteiger partial charge in [-0.1, -0.05) is 0 Å². The normalized spacial score (nSPS) is 16.9. The summed E-state index contributed by atoms with van der Waals surface area (Å²) in [5.74, 6) is 0. The largest absolute Gasteiger partial charge is 0.416 e. The molecule has 1 aliphatic heterocycles. The molecule has 0 atom stereocenters. The molecule has 1 heterocycles. The van der Waals surface area contributed by atoms with Crippen LogP contribution in [-0.2, 0) is 6.18 Å². The van der Waals surface area contributed by atoms with Crippen molar-refractivity contribution >= 4 is 11.4 Å². The van der Waals surface area contributed by atoms with E-state index in [9.17, 15) is 18.1 Å². The monoisotopic (exact) mass is 290 g/mol. The molecule has 2 N–H and O–H groups in total. The SMILES string of the molecule is O=[N+](O)c1cc(C(F)(F)F)ccc1N1CCCNCC1. The highest BCUT2D eigenvalue weighted by Gasteiger charge is 2.35. The summed E-state index contributed by atoms with van der Waals surface area (Å²) in [5.41, 5.74) is -1.04. The molecule has 1 aromatic rings. The Morgan fingerprint density at radius 3 is 2.65 bits per heavy atom. The number of benzene rings is 1. The smallest absolute Gasteiger partial charge is 0.365 e. The van der Waals surface area contributed by atoms with Gasteiger partial charge in [0, 0.05) is 25.7 Å². The predicted molar refractivity (Wildman–Crippen MR) is 66.2 cm³/mol. The zero-order chi connectivity index (χ0) is 14.8. The van der Waals surface area contributed by atoms with E-state index in [0.29, 0.717) is 31.4 Å². The molecule has 0 unspecified atom stereocenters. The first-order valence-corrected chi connectivity index (χ1v) is 6.22. The van der Waals surface area contributed by atoms with Crippen LogP contribution in [-0.4, -0.2) is 36.3 Å². The Balaban J connectivity index is 2.39. The summed E-state index contributed by atoms with van der Waals surface area (Å²) in [5, 5.41) is 12.2. The maximum Gasteiger partial charge on any atom is 0.416 e. The van der Waals surface area contributed by atoms with Crippen LogP contribution >= 0.6 is 0 Å². The zero-order valence-electron chi connectivity index (χ0n) is 10.7. The van der Waals surface area contributed by atoms with Crippen LogP contribution in [0, 0.1) is 4.91 Å². The van der Waals surface area contributed by atoms with Gasteiger partial charge in [-0.15, -0.1) is 0 Å². The van der Waals surface area contributed by atoms with Crippen LogP contribution in [0.15, 0.2) is 18.2 Å². The van der Waals surface area contributed by atoms with E-state index in [1.54, 1.807) is 4.90 Å². The highest BCUT2D eigenvalue weighted by Crippen LogP contribution is 2.36. The molecule has 1 saturated heterocycles. The van der Waals surface area contributed by atoms with Crippen molar-refractivity contribution < 1.29 is 23.3 Å². The Morgan fingerprint density at radius 1 is 1.25 bits per heavy atom. The summed E-state index contributed by atoms with van der Waals surface area (Å²) in [4.78, 5) is 12.4. The molecule has 0 aliphatic carbocycles. The second-order valence-corrected chi connectivity index (χ2v) is 4.56. The molecule has 2 rings (SSSR count). The molecule has 1 fully saturated rings. The molecule has 5 nitrogen and oxygen atoms in total. The fourth-order valence-corrected chi connectivity index (χ4v) is 2.21. The Kier molecular flexibility index (Phi) is 4.12. The first-order chi connectivity index (χ1) is 9.39. The molecule has 0 aromatic heterocycles. The van der Waals surface area contributed by atoms with E-state index >= 15 is 0 Å². The number of nitrogens with zero attached hydrogens (tertiary/aromatic N) is 2. The van der Waals surface area contributed by atoms with E-state index in [0.717, 1.165) is 19.0 Å². The van der Waals surface area contributed by atoms with Crippen LogP contribution in [0.5, 0.6) is 0 Å². The first kappa shape index (κ1) is 14.6. The number of alkyl halides is 3. The standard InChI is InChI=1S/C12H15F3N3O2/c13-12(14,15)9-2-3-10(11(8-9)18(19)20)17-6-1-4-16-5-7-17/h2-3,8,16H,1,4-7H2,(H,19,20)/q+1. The van der Waals surface area contributed by atoms with Crippen molar-refractivity contribution in [1.82, 2.24) is 5.32 Å². The second kappa shape index (κ2) is 5.66. The van der Waals surface area contributed by atoms with Crippen LogP contribution in [0.2, 0.25) is 0 Å². The lowest BCUT2D eigenvalue weighted by molar-refractivity contribution is -0.729. The van der Waals surface area contributed by atoms with Crippen LogP contribution < -0.4 is 10.2 Å². The molecule has 0 bridgehead atoms. The highest BCUT2D eigenvalue weighted by molar-refractivity contribution is 5.64. The molecule has 110 valence electrons. The summed E-state index contributed by atoms with van der Waals surface area (Å²) in [6.45, 7) is 2.66. The number of hydrogen-bond donors (Lipinski definition) is 2. The van der Waals surface area contributed by atoms with Gasteiger partial charge in [-0.25, -0.2) is 5.21 Å². The summed E-state index contributed by atoms with van der Waals surface area (Å²) in [7, 11) is 0.